The lowest BCUT2D eigenvalue weighted by Gasteiger charge is -2.26. The number of anilines is 1. The van der Waals surface area contributed by atoms with Crippen molar-refractivity contribution in [3.63, 3.8) is 0 Å². The van der Waals surface area contributed by atoms with Crippen LogP contribution in [-0.4, -0.2) is 18.1 Å². The molecule has 130 valence electrons. The minimum atomic E-state index is -4.31. The topological polar surface area (TPSA) is 30.3 Å². The second-order valence-electron chi connectivity index (χ2n) is 6.24. The average Bonchev–Trinajstić information content (AvgIpc) is 3.05. The van der Waals surface area contributed by atoms with Crippen molar-refractivity contribution in [2.45, 2.75) is 24.9 Å². The van der Waals surface area contributed by atoms with Crippen molar-refractivity contribution in [2.24, 2.45) is 0 Å². The molecular weight excluding hydrogens is 347 g/mol. The molecule has 3 nitrogen and oxygen atoms in total. The van der Waals surface area contributed by atoms with Crippen LogP contribution in [0.1, 0.15) is 29.3 Å². The van der Waals surface area contributed by atoms with Gasteiger partial charge in [-0.25, -0.2) is 9.97 Å². The summed E-state index contributed by atoms with van der Waals surface area (Å²) < 4.78 is 39.2. The van der Waals surface area contributed by atoms with E-state index in [9.17, 15) is 13.2 Å². The molecule has 0 amide bonds. The van der Waals surface area contributed by atoms with Gasteiger partial charge in [-0.1, -0.05) is 12.1 Å². The van der Waals surface area contributed by atoms with Gasteiger partial charge in [-0.2, -0.15) is 13.2 Å². The van der Waals surface area contributed by atoms with Crippen LogP contribution in [0.15, 0.2) is 42.6 Å². The van der Waals surface area contributed by atoms with Crippen molar-refractivity contribution >= 4 is 27.4 Å². The summed E-state index contributed by atoms with van der Waals surface area (Å²) in [6.45, 7) is 1.62. The lowest BCUT2D eigenvalue weighted by atomic mass is 9.97. The Bertz CT molecular complexity index is 832. The number of para-hydroxylation sites is 1. The first-order valence-electron chi connectivity index (χ1n) is 8.20. The number of nitrogens with zero attached hydrogens (tertiary/aromatic N) is 2. The molecule has 0 saturated carbocycles. The summed E-state index contributed by atoms with van der Waals surface area (Å²) in [7, 11) is 0. The smallest absolute Gasteiger partial charge is 0.262 e. The molecule has 4 rings (SSSR count). The monoisotopic (exact) mass is 364 g/mol. The lowest BCUT2D eigenvalue weighted by Crippen LogP contribution is -2.36. The van der Waals surface area contributed by atoms with Crippen LogP contribution in [0, 0.1) is 0 Å². The third-order valence-corrected chi connectivity index (χ3v) is 5.82. The highest BCUT2D eigenvalue weighted by atomic mass is 32.1. The van der Waals surface area contributed by atoms with Gasteiger partial charge >= 0.3 is 6.18 Å². The summed E-state index contributed by atoms with van der Waals surface area (Å²) in [6.07, 6.45) is -1.37. The van der Waals surface area contributed by atoms with Crippen LogP contribution in [0.3, 0.4) is 0 Å². The second-order valence-corrected chi connectivity index (χ2v) is 7.30. The van der Waals surface area contributed by atoms with Gasteiger partial charge < -0.3 is 0 Å². The van der Waals surface area contributed by atoms with Crippen LogP contribution in [0.5, 0.6) is 0 Å². The largest absolute Gasteiger partial charge is 0.419 e. The SMILES string of the molecule is FC(F)(F)c1ccc(N2CCC(c3nc4ccccc4s3)CC2)[nH+]c1. The number of pyridine rings is 1. The third kappa shape index (κ3) is 3.33. The maximum Gasteiger partial charge on any atom is 0.419 e. The van der Waals surface area contributed by atoms with Gasteiger partial charge in [0, 0.05) is 12.0 Å². The number of nitrogens with one attached hydrogen (secondary N) is 1. The molecule has 1 N–H and O–H groups in total. The first kappa shape index (κ1) is 16.3. The van der Waals surface area contributed by atoms with Crippen molar-refractivity contribution in [1.29, 1.82) is 0 Å². The molecule has 3 heterocycles. The Balaban J connectivity index is 1.44. The van der Waals surface area contributed by atoms with E-state index in [1.807, 2.05) is 18.2 Å². The summed E-state index contributed by atoms with van der Waals surface area (Å²) in [6, 6.07) is 10.8. The van der Waals surface area contributed by atoms with Crippen LogP contribution in [0.25, 0.3) is 10.2 Å². The van der Waals surface area contributed by atoms with E-state index in [2.05, 4.69) is 16.0 Å². The normalized spacial score (nSPS) is 16.5. The first-order chi connectivity index (χ1) is 12.0. The third-order valence-electron chi connectivity index (χ3n) is 4.62. The molecule has 1 aliphatic rings. The maximum absolute atomic E-state index is 12.6. The molecule has 0 aliphatic carbocycles. The number of piperidine rings is 1. The Hall–Kier alpha value is -2.15. The van der Waals surface area contributed by atoms with E-state index in [0.29, 0.717) is 5.92 Å². The minimum Gasteiger partial charge on any atom is -0.262 e. The van der Waals surface area contributed by atoms with E-state index < -0.39 is 11.7 Å². The molecule has 1 aromatic carbocycles. The van der Waals surface area contributed by atoms with E-state index in [-0.39, 0.29) is 0 Å². The van der Waals surface area contributed by atoms with Crippen molar-refractivity contribution in [1.82, 2.24) is 4.98 Å². The number of thiazole rings is 1. The summed E-state index contributed by atoms with van der Waals surface area (Å²) in [5.41, 5.74) is 0.390. The Morgan fingerprint density at radius 3 is 2.48 bits per heavy atom. The van der Waals surface area contributed by atoms with Crippen molar-refractivity contribution in [2.75, 3.05) is 18.0 Å². The molecule has 0 atom stereocenters. The number of halogens is 3. The molecule has 1 fully saturated rings. The zero-order valence-electron chi connectivity index (χ0n) is 13.4. The fraction of sp³-hybridized carbons (Fsp3) is 0.333. The molecule has 2 aromatic heterocycles. The van der Waals surface area contributed by atoms with Gasteiger partial charge in [0.15, 0.2) is 0 Å². The first-order valence-corrected chi connectivity index (χ1v) is 9.02. The summed E-state index contributed by atoms with van der Waals surface area (Å²) >= 11 is 1.74. The van der Waals surface area contributed by atoms with Crippen LogP contribution in [0.4, 0.5) is 19.0 Å². The van der Waals surface area contributed by atoms with Crippen molar-refractivity contribution in [3.8, 4) is 0 Å². The molecule has 0 unspecified atom stereocenters. The number of H-pyrrole nitrogens is 1. The van der Waals surface area contributed by atoms with Gasteiger partial charge in [0.25, 0.3) is 5.82 Å². The highest BCUT2D eigenvalue weighted by Crippen LogP contribution is 2.34. The number of hydrogen-bond acceptors (Lipinski definition) is 3. The Morgan fingerprint density at radius 1 is 1.08 bits per heavy atom. The molecule has 0 radical (unpaired) electrons. The van der Waals surface area contributed by atoms with Crippen LogP contribution < -0.4 is 9.88 Å². The Labute approximate surface area is 147 Å². The van der Waals surface area contributed by atoms with Crippen LogP contribution >= 0.6 is 11.3 Å². The van der Waals surface area contributed by atoms with Gasteiger partial charge in [0.05, 0.1) is 33.9 Å². The van der Waals surface area contributed by atoms with E-state index in [1.54, 1.807) is 11.3 Å². The fourth-order valence-corrected chi connectivity index (χ4v) is 4.36. The Morgan fingerprint density at radius 2 is 1.84 bits per heavy atom. The quantitative estimate of drug-likeness (QED) is 0.670. The molecular formula is C18H17F3N3S+. The molecule has 7 heteroatoms. The summed E-state index contributed by atoms with van der Waals surface area (Å²) in [5, 5.41) is 1.16. The molecule has 0 spiro atoms. The highest BCUT2D eigenvalue weighted by molar-refractivity contribution is 7.18. The van der Waals surface area contributed by atoms with E-state index in [1.165, 1.54) is 10.8 Å². The molecule has 25 heavy (non-hydrogen) atoms. The zero-order valence-corrected chi connectivity index (χ0v) is 14.2. The van der Waals surface area contributed by atoms with Gasteiger partial charge in [-0.05, 0) is 31.0 Å². The Kier molecular flexibility index (Phi) is 4.11. The van der Waals surface area contributed by atoms with E-state index in [4.69, 9.17) is 4.98 Å². The predicted octanol–water partition coefficient (Wildman–Crippen LogP) is 4.51. The average molecular weight is 364 g/mol. The minimum absolute atomic E-state index is 0.420. The molecule has 3 aromatic rings. The predicted molar refractivity (Wildman–Crippen MR) is 91.8 cm³/mol. The standard InChI is InChI=1S/C18H16F3N3S/c19-18(20,21)13-5-6-16(22-11-13)24-9-7-12(8-10-24)17-23-14-3-1-2-4-15(14)25-17/h1-6,11-12H,7-10H2/p+1. The van der Waals surface area contributed by atoms with Crippen LogP contribution in [-0.2, 0) is 6.18 Å². The number of aromatic nitrogens is 2. The number of rotatable bonds is 2. The van der Waals surface area contributed by atoms with Gasteiger partial charge in [0.2, 0.25) is 0 Å². The van der Waals surface area contributed by atoms with E-state index >= 15 is 0 Å². The lowest BCUT2D eigenvalue weighted by molar-refractivity contribution is -0.367. The number of aromatic amines is 1. The zero-order chi connectivity index (χ0) is 17.4. The van der Waals surface area contributed by atoms with E-state index in [0.717, 1.165) is 54.5 Å². The van der Waals surface area contributed by atoms with Gasteiger partial charge in [-0.3, -0.25) is 4.90 Å². The molecule has 0 bridgehead atoms. The van der Waals surface area contributed by atoms with Crippen molar-refractivity contribution < 1.29 is 18.2 Å². The van der Waals surface area contributed by atoms with Gasteiger partial charge in [0.1, 0.15) is 6.20 Å². The number of benzene rings is 1. The van der Waals surface area contributed by atoms with Crippen molar-refractivity contribution in [3.05, 3.63) is 53.2 Å². The molecule has 1 aliphatic heterocycles. The fourth-order valence-electron chi connectivity index (χ4n) is 3.22. The summed E-state index contributed by atoms with van der Waals surface area (Å²) in [4.78, 5) is 9.62. The number of hydrogen-bond donors (Lipinski definition) is 0. The van der Waals surface area contributed by atoms with Gasteiger partial charge in [-0.15, -0.1) is 11.3 Å². The molecule has 1 saturated heterocycles. The second kappa shape index (κ2) is 6.29. The summed E-state index contributed by atoms with van der Waals surface area (Å²) in [5.74, 6) is 1.15. The maximum atomic E-state index is 12.6. The number of alkyl halides is 3. The number of fused-ring (bicyclic) bond motifs is 1. The van der Waals surface area contributed by atoms with Crippen LogP contribution in [0.2, 0.25) is 0 Å². The highest BCUT2D eigenvalue weighted by Gasteiger charge is 2.33.